The maximum atomic E-state index is 12.2. The lowest BCUT2D eigenvalue weighted by atomic mass is 9.95. The minimum atomic E-state index is -0.0317. The molecule has 32 heavy (non-hydrogen) atoms. The summed E-state index contributed by atoms with van der Waals surface area (Å²) in [5.74, 6) is -0.0317. The number of hydrogen-bond donors (Lipinski definition) is 1. The lowest BCUT2D eigenvalue weighted by Gasteiger charge is -2.37. The molecule has 1 amide bonds. The molecule has 5 heteroatoms. The van der Waals surface area contributed by atoms with Gasteiger partial charge in [0.05, 0.1) is 11.6 Å². The van der Waals surface area contributed by atoms with Gasteiger partial charge in [-0.05, 0) is 68.6 Å². The second-order valence-electron chi connectivity index (χ2n) is 8.84. The average Bonchev–Trinajstić information content (AvgIpc) is 2.82. The van der Waals surface area contributed by atoms with Crippen molar-refractivity contribution in [1.29, 1.82) is 0 Å². The number of amides is 1. The summed E-state index contributed by atoms with van der Waals surface area (Å²) in [7, 11) is 0. The first-order valence-corrected chi connectivity index (χ1v) is 11.6. The van der Waals surface area contributed by atoms with Crippen LogP contribution in [0.3, 0.4) is 0 Å². The predicted molar refractivity (Wildman–Crippen MR) is 129 cm³/mol. The van der Waals surface area contributed by atoms with Crippen LogP contribution in [-0.2, 0) is 11.3 Å². The highest BCUT2D eigenvalue weighted by Crippen LogP contribution is 2.32. The summed E-state index contributed by atoms with van der Waals surface area (Å²) in [5.41, 5.74) is 4.20. The molecule has 0 bridgehead atoms. The van der Waals surface area contributed by atoms with Crippen LogP contribution in [0.2, 0.25) is 0 Å². The Hall–Kier alpha value is -2.76. The van der Waals surface area contributed by atoms with Gasteiger partial charge >= 0.3 is 0 Å². The third-order valence-electron chi connectivity index (χ3n) is 6.26. The van der Waals surface area contributed by atoms with Gasteiger partial charge in [0.1, 0.15) is 0 Å². The van der Waals surface area contributed by atoms with Gasteiger partial charge in [0.15, 0.2) is 0 Å². The van der Waals surface area contributed by atoms with E-state index in [1.54, 1.807) is 0 Å². The molecule has 1 aliphatic rings. The van der Waals surface area contributed by atoms with Gasteiger partial charge in [-0.1, -0.05) is 37.3 Å². The number of aromatic nitrogens is 1. The topological polar surface area (TPSA) is 54.5 Å². The first-order valence-electron chi connectivity index (χ1n) is 11.6. The Morgan fingerprint density at radius 3 is 2.69 bits per heavy atom. The Morgan fingerprint density at radius 2 is 1.94 bits per heavy atom. The van der Waals surface area contributed by atoms with Crippen LogP contribution in [0, 0.1) is 0 Å². The van der Waals surface area contributed by atoms with Crippen molar-refractivity contribution < 1.29 is 9.53 Å². The van der Waals surface area contributed by atoms with Crippen molar-refractivity contribution >= 4 is 16.8 Å². The zero-order chi connectivity index (χ0) is 22.5. The standard InChI is InChI=1S/C27H33N3O2/c1-4-30(18-22-13-15-28-25-8-6-5-7-24(22)25)23-14-16-32-26(17-23)20-9-11-21(12-10-20)27(31)29-19(2)3/h5-13,15,19,23,26H,4,14,16-18H2,1-3H3,(H,29,31)/t23-,26+/m1/s1. The van der Waals surface area contributed by atoms with Gasteiger partial charge < -0.3 is 10.1 Å². The molecule has 2 atom stereocenters. The van der Waals surface area contributed by atoms with E-state index in [2.05, 4.69) is 46.4 Å². The molecular weight excluding hydrogens is 398 g/mol. The minimum absolute atomic E-state index is 0.0317. The fraction of sp³-hybridized carbons (Fsp3) is 0.407. The number of ether oxygens (including phenoxy) is 1. The Morgan fingerprint density at radius 1 is 1.16 bits per heavy atom. The van der Waals surface area contributed by atoms with E-state index in [1.807, 2.05) is 50.4 Å². The molecule has 2 heterocycles. The van der Waals surface area contributed by atoms with Crippen LogP contribution in [0.1, 0.15) is 61.2 Å². The summed E-state index contributed by atoms with van der Waals surface area (Å²) < 4.78 is 6.14. The zero-order valence-corrected chi connectivity index (χ0v) is 19.3. The van der Waals surface area contributed by atoms with Gasteiger partial charge in [-0.3, -0.25) is 14.7 Å². The fourth-order valence-electron chi connectivity index (χ4n) is 4.55. The lowest BCUT2D eigenvalue weighted by Crippen LogP contribution is -2.39. The molecule has 0 saturated carbocycles. The smallest absolute Gasteiger partial charge is 0.251 e. The maximum Gasteiger partial charge on any atom is 0.251 e. The number of nitrogens with one attached hydrogen (secondary N) is 1. The average molecular weight is 432 g/mol. The summed E-state index contributed by atoms with van der Waals surface area (Å²) in [6.07, 6.45) is 3.95. The number of hydrogen-bond acceptors (Lipinski definition) is 4. The van der Waals surface area contributed by atoms with E-state index in [4.69, 9.17) is 4.74 Å². The van der Waals surface area contributed by atoms with Crippen LogP contribution in [0.15, 0.2) is 60.8 Å². The second kappa shape index (κ2) is 10.2. The van der Waals surface area contributed by atoms with Crippen LogP contribution in [0.5, 0.6) is 0 Å². The summed E-state index contributed by atoms with van der Waals surface area (Å²) in [5, 5.41) is 4.17. The van der Waals surface area contributed by atoms with Gasteiger partial charge in [0.2, 0.25) is 0 Å². The summed E-state index contributed by atoms with van der Waals surface area (Å²) in [6.45, 7) is 8.81. The molecular formula is C27H33N3O2. The normalized spacial score (nSPS) is 18.9. The molecule has 5 nitrogen and oxygen atoms in total. The van der Waals surface area contributed by atoms with E-state index in [0.717, 1.165) is 43.6 Å². The number of rotatable bonds is 7. The molecule has 0 unspecified atom stereocenters. The molecule has 0 spiro atoms. The zero-order valence-electron chi connectivity index (χ0n) is 19.3. The SMILES string of the molecule is CCN(Cc1ccnc2ccccc12)[C@@H]1CCO[C@H](c2ccc(C(=O)NC(C)C)cc2)C1. The number of pyridine rings is 1. The van der Waals surface area contributed by atoms with E-state index in [1.165, 1.54) is 10.9 Å². The van der Waals surface area contributed by atoms with E-state index < -0.39 is 0 Å². The summed E-state index contributed by atoms with van der Waals surface area (Å²) in [6, 6.07) is 19.0. The van der Waals surface area contributed by atoms with E-state index in [9.17, 15) is 4.79 Å². The van der Waals surface area contributed by atoms with Crippen molar-refractivity contribution in [1.82, 2.24) is 15.2 Å². The van der Waals surface area contributed by atoms with Gasteiger partial charge in [0, 0.05) is 42.4 Å². The highest BCUT2D eigenvalue weighted by molar-refractivity contribution is 5.94. The van der Waals surface area contributed by atoms with Gasteiger partial charge in [0.25, 0.3) is 5.91 Å². The van der Waals surface area contributed by atoms with Crippen molar-refractivity contribution in [2.24, 2.45) is 0 Å². The third-order valence-corrected chi connectivity index (χ3v) is 6.26. The van der Waals surface area contributed by atoms with E-state index in [-0.39, 0.29) is 18.1 Å². The number of fused-ring (bicyclic) bond motifs is 1. The summed E-state index contributed by atoms with van der Waals surface area (Å²) in [4.78, 5) is 19.3. The first-order chi connectivity index (χ1) is 15.5. The molecule has 168 valence electrons. The molecule has 4 rings (SSSR count). The number of carbonyl (C=O) groups is 1. The monoisotopic (exact) mass is 431 g/mol. The van der Waals surface area contributed by atoms with Crippen molar-refractivity contribution in [2.75, 3.05) is 13.2 Å². The number of para-hydroxylation sites is 1. The van der Waals surface area contributed by atoms with E-state index >= 15 is 0 Å². The lowest BCUT2D eigenvalue weighted by molar-refractivity contribution is -0.0294. The number of benzene rings is 2. The Bertz CT molecular complexity index is 1040. The van der Waals surface area contributed by atoms with Crippen molar-refractivity contribution in [3.8, 4) is 0 Å². The molecule has 3 aromatic rings. The highest BCUT2D eigenvalue weighted by Gasteiger charge is 2.28. The molecule has 1 saturated heterocycles. The molecule has 2 aromatic carbocycles. The molecule has 1 aliphatic heterocycles. The molecule has 1 N–H and O–H groups in total. The van der Waals surface area contributed by atoms with E-state index in [0.29, 0.717) is 11.6 Å². The largest absolute Gasteiger partial charge is 0.373 e. The predicted octanol–water partition coefficient (Wildman–Crippen LogP) is 5.12. The van der Waals surface area contributed by atoms with Crippen LogP contribution >= 0.6 is 0 Å². The van der Waals surface area contributed by atoms with Crippen LogP contribution in [0.25, 0.3) is 10.9 Å². The number of carbonyl (C=O) groups excluding carboxylic acids is 1. The van der Waals surface area contributed by atoms with Gasteiger partial charge in [-0.25, -0.2) is 0 Å². The molecule has 1 fully saturated rings. The van der Waals surface area contributed by atoms with Crippen LogP contribution in [-0.4, -0.2) is 41.0 Å². The van der Waals surface area contributed by atoms with Gasteiger partial charge in [-0.2, -0.15) is 0 Å². The summed E-state index contributed by atoms with van der Waals surface area (Å²) >= 11 is 0. The van der Waals surface area contributed by atoms with Crippen LogP contribution in [0.4, 0.5) is 0 Å². The molecule has 0 radical (unpaired) electrons. The number of nitrogens with zero attached hydrogens (tertiary/aromatic N) is 2. The first kappa shape index (κ1) is 22.4. The Labute approximate surface area is 190 Å². The quantitative estimate of drug-likeness (QED) is 0.564. The van der Waals surface area contributed by atoms with Gasteiger partial charge in [-0.15, -0.1) is 0 Å². The van der Waals surface area contributed by atoms with Crippen LogP contribution < -0.4 is 5.32 Å². The van der Waals surface area contributed by atoms with Crippen molar-refractivity contribution in [2.45, 2.75) is 58.3 Å². The van der Waals surface area contributed by atoms with Crippen molar-refractivity contribution in [3.63, 3.8) is 0 Å². The second-order valence-corrected chi connectivity index (χ2v) is 8.84. The Balaban J connectivity index is 1.46. The maximum absolute atomic E-state index is 12.2. The minimum Gasteiger partial charge on any atom is -0.373 e. The Kier molecular flexibility index (Phi) is 7.18. The van der Waals surface area contributed by atoms with Crippen molar-refractivity contribution in [3.05, 3.63) is 77.5 Å². The molecule has 1 aromatic heterocycles. The highest BCUT2D eigenvalue weighted by atomic mass is 16.5. The third kappa shape index (κ3) is 5.17. The molecule has 0 aliphatic carbocycles. The fourth-order valence-corrected chi connectivity index (χ4v) is 4.55.